The molecule has 6 heteroatoms. The van der Waals surface area contributed by atoms with Crippen molar-refractivity contribution in [1.29, 1.82) is 0 Å². The standard InChI is InChI=1S/C10H12N4O2/c1-2-11-4-7-5-12-9-3-8(10(15)16)13-14(9)6-7/h3,5-6,11H,2,4H2,1H3,(H,15,16). The van der Waals surface area contributed by atoms with Crippen molar-refractivity contribution in [2.75, 3.05) is 6.54 Å². The molecular formula is C10H12N4O2. The maximum Gasteiger partial charge on any atom is 0.356 e. The third-order valence-electron chi connectivity index (χ3n) is 2.17. The van der Waals surface area contributed by atoms with Gasteiger partial charge >= 0.3 is 5.97 Å². The molecule has 0 aromatic carbocycles. The molecule has 0 fully saturated rings. The molecule has 0 bridgehead atoms. The van der Waals surface area contributed by atoms with Gasteiger partial charge in [-0.05, 0) is 6.54 Å². The fourth-order valence-electron chi connectivity index (χ4n) is 1.38. The number of hydrogen-bond donors (Lipinski definition) is 2. The summed E-state index contributed by atoms with van der Waals surface area (Å²) in [4.78, 5) is 14.8. The molecule has 0 saturated heterocycles. The second kappa shape index (κ2) is 4.28. The van der Waals surface area contributed by atoms with Gasteiger partial charge in [0.2, 0.25) is 0 Å². The van der Waals surface area contributed by atoms with Crippen LogP contribution in [-0.2, 0) is 6.54 Å². The lowest BCUT2D eigenvalue weighted by molar-refractivity contribution is 0.0690. The number of carboxylic acids is 1. The number of aromatic nitrogens is 3. The summed E-state index contributed by atoms with van der Waals surface area (Å²) in [5, 5.41) is 15.8. The summed E-state index contributed by atoms with van der Waals surface area (Å²) < 4.78 is 1.48. The lowest BCUT2D eigenvalue weighted by atomic mass is 10.3. The Morgan fingerprint density at radius 1 is 1.62 bits per heavy atom. The predicted molar refractivity (Wildman–Crippen MR) is 57.3 cm³/mol. The third-order valence-corrected chi connectivity index (χ3v) is 2.17. The van der Waals surface area contributed by atoms with Crippen LogP contribution in [-0.4, -0.2) is 32.2 Å². The monoisotopic (exact) mass is 220 g/mol. The fraction of sp³-hybridized carbons (Fsp3) is 0.300. The summed E-state index contributed by atoms with van der Waals surface area (Å²) >= 11 is 0. The number of carboxylic acid groups (broad SMARTS) is 1. The molecule has 2 rings (SSSR count). The molecule has 16 heavy (non-hydrogen) atoms. The van der Waals surface area contributed by atoms with Gasteiger partial charge in [-0.3, -0.25) is 0 Å². The van der Waals surface area contributed by atoms with Gasteiger partial charge in [0, 0.05) is 30.6 Å². The first-order valence-electron chi connectivity index (χ1n) is 4.99. The Balaban J connectivity index is 2.34. The van der Waals surface area contributed by atoms with Crippen molar-refractivity contribution in [3.63, 3.8) is 0 Å². The summed E-state index contributed by atoms with van der Waals surface area (Å²) in [7, 11) is 0. The zero-order valence-electron chi connectivity index (χ0n) is 8.84. The fourth-order valence-corrected chi connectivity index (χ4v) is 1.38. The van der Waals surface area contributed by atoms with Gasteiger partial charge in [0.25, 0.3) is 0 Å². The average molecular weight is 220 g/mol. The van der Waals surface area contributed by atoms with Crippen molar-refractivity contribution in [2.24, 2.45) is 0 Å². The molecule has 2 heterocycles. The molecule has 84 valence electrons. The Kier molecular flexibility index (Phi) is 2.82. The second-order valence-electron chi connectivity index (χ2n) is 3.38. The molecule has 6 nitrogen and oxygen atoms in total. The van der Waals surface area contributed by atoms with Crippen LogP contribution in [0.5, 0.6) is 0 Å². The normalized spacial score (nSPS) is 10.8. The Labute approximate surface area is 91.9 Å². The molecule has 0 radical (unpaired) electrons. The lowest BCUT2D eigenvalue weighted by Gasteiger charge is -2.01. The number of rotatable bonds is 4. The highest BCUT2D eigenvalue weighted by Gasteiger charge is 2.09. The van der Waals surface area contributed by atoms with Crippen LogP contribution in [0, 0.1) is 0 Å². The van der Waals surface area contributed by atoms with Gasteiger partial charge in [0.05, 0.1) is 0 Å². The van der Waals surface area contributed by atoms with E-state index in [1.807, 2.05) is 6.92 Å². The van der Waals surface area contributed by atoms with Gasteiger partial charge in [-0.25, -0.2) is 14.3 Å². The van der Waals surface area contributed by atoms with Crippen LogP contribution in [0.4, 0.5) is 0 Å². The highest BCUT2D eigenvalue weighted by molar-refractivity contribution is 5.86. The van der Waals surface area contributed by atoms with E-state index in [4.69, 9.17) is 5.11 Å². The van der Waals surface area contributed by atoms with Gasteiger partial charge in [0.15, 0.2) is 11.3 Å². The Morgan fingerprint density at radius 2 is 2.44 bits per heavy atom. The van der Waals surface area contributed by atoms with Gasteiger partial charge in [0.1, 0.15) is 0 Å². The zero-order valence-corrected chi connectivity index (χ0v) is 8.84. The van der Waals surface area contributed by atoms with Crippen LogP contribution in [0.2, 0.25) is 0 Å². The van der Waals surface area contributed by atoms with E-state index < -0.39 is 5.97 Å². The molecule has 2 N–H and O–H groups in total. The van der Waals surface area contributed by atoms with E-state index in [-0.39, 0.29) is 5.69 Å². The van der Waals surface area contributed by atoms with Crippen LogP contribution in [0.3, 0.4) is 0 Å². The summed E-state index contributed by atoms with van der Waals surface area (Å²) in [6, 6.07) is 1.44. The zero-order chi connectivity index (χ0) is 11.5. The molecule has 0 atom stereocenters. The SMILES string of the molecule is CCNCc1cnc2cc(C(=O)O)nn2c1. The van der Waals surface area contributed by atoms with Crippen LogP contribution in [0.15, 0.2) is 18.5 Å². The highest BCUT2D eigenvalue weighted by atomic mass is 16.4. The second-order valence-corrected chi connectivity index (χ2v) is 3.38. The number of nitrogens with one attached hydrogen (secondary N) is 1. The van der Waals surface area contributed by atoms with E-state index in [2.05, 4.69) is 15.4 Å². The summed E-state index contributed by atoms with van der Waals surface area (Å²) in [6.07, 6.45) is 3.49. The minimum Gasteiger partial charge on any atom is -0.476 e. The van der Waals surface area contributed by atoms with Crippen LogP contribution in [0.25, 0.3) is 5.65 Å². The lowest BCUT2D eigenvalue weighted by Crippen LogP contribution is -2.12. The average Bonchev–Trinajstić information content (AvgIpc) is 2.69. The minimum atomic E-state index is -1.04. The van der Waals surface area contributed by atoms with Crippen LogP contribution in [0.1, 0.15) is 23.0 Å². The number of fused-ring (bicyclic) bond motifs is 1. The molecular weight excluding hydrogens is 208 g/mol. The number of nitrogens with zero attached hydrogens (tertiary/aromatic N) is 3. The van der Waals surface area contributed by atoms with Gasteiger partial charge < -0.3 is 10.4 Å². The summed E-state index contributed by atoms with van der Waals surface area (Å²) in [5.74, 6) is -1.04. The smallest absolute Gasteiger partial charge is 0.356 e. The molecule has 0 amide bonds. The molecule has 0 saturated carbocycles. The van der Waals surface area contributed by atoms with E-state index >= 15 is 0 Å². The molecule has 0 aliphatic rings. The first-order chi connectivity index (χ1) is 7.70. The minimum absolute atomic E-state index is 0.00750. The summed E-state index contributed by atoms with van der Waals surface area (Å²) in [5.41, 5.74) is 1.51. The van der Waals surface area contributed by atoms with Crippen molar-refractivity contribution in [3.05, 3.63) is 29.7 Å². The number of carbonyl (C=O) groups is 1. The summed E-state index contributed by atoms with van der Waals surface area (Å²) in [6.45, 7) is 3.58. The van der Waals surface area contributed by atoms with E-state index in [1.54, 1.807) is 12.4 Å². The Morgan fingerprint density at radius 3 is 3.12 bits per heavy atom. The van der Waals surface area contributed by atoms with Crippen molar-refractivity contribution in [2.45, 2.75) is 13.5 Å². The van der Waals surface area contributed by atoms with E-state index in [0.29, 0.717) is 12.2 Å². The molecule has 2 aromatic heterocycles. The van der Waals surface area contributed by atoms with Gasteiger partial charge in [-0.1, -0.05) is 6.92 Å². The first-order valence-corrected chi connectivity index (χ1v) is 4.99. The molecule has 0 unspecified atom stereocenters. The van der Waals surface area contributed by atoms with Crippen molar-refractivity contribution in [3.8, 4) is 0 Å². The molecule has 0 aliphatic carbocycles. The van der Waals surface area contributed by atoms with Gasteiger partial charge in [-0.15, -0.1) is 0 Å². The van der Waals surface area contributed by atoms with E-state index in [9.17, 15) is 4.79 Å². The van der Waals surface area contributed by atoms with E-state index in [1.165, 1.54) is 10.6 Å². The number of aromatic carboxylic acids is 1. The highest BCUT2D eigenvalue weighted by Crippen LogP contribution is 2.05. The van der Waals surface area contributed by atoms with Crippen molar-refractivity contribution >= 4 is 11.6 Å². The Hall–Kier alpha value is -1.95. The Bertz CT molecular complexity index is 521. The third kappa shape index (κ3) is 2.01. The first kappa shape index (κ1) is 10.6. The number of hydrogen-bond acceptors (Lipinski definition) is 4. The van der Waals surface area contributed by atoms with Gasteiger partial charge in [-0.2, -0.15) is 5.10 Å². The quantitative estimate of drug-likeness (QED) is 0.786. The topological polar surface area (TPSA) is 79.5 Å². The van der Waals surface area contributed by atoms with Crippen LogP contribution >= 0.6 is 0 Å². The van der Waals surface area contributed by atoms with Crippen molar-refractivity contribution in [1.82, 2.24) is 19.9 Å². The van der Waals surface area contributed by atoms with Crippen LogP contribution < -0.4 is 5.32 Å². The van der Waals surface area contributed by atoms with E-state index in [0.717, 1.165) is 12.1 Å². The molecule has 2 aromatic rings. The predicted octanol–water partition coefficient (Wildman–Crippen LogP) is 0.537. The maximum atomic E-state index is 10.7. The largest absolute Gasteiger partial charge is 0.476 e. The maximum absolute atomic E-state index is 10.7. The molecule has 0 aliphatic heterocycles. The van der Waals surface area contributed by atoms with Crippen molar-refractivity contribution < 1.29 is 9.90 Å². The molecule has 0 spiro atoms.